The van der Waals surface area contributed by atoms with Crippen LogP contribution in [-0.4, -0.2) is 0 Å². The number of rotatable bonds is 1. The number of thiophene rings is 1. The van der Waals surface area contributed by atoms with E-state index in [1.807, 2.05) is 6.92 Å². The van der Waals surface area contributed by atoms with E-state index < -0.39 is 0 Å². The van der Waals surface area contributed by atoms with Crippen LogP contribution in [0.25, 0.3) is 0 Å². The SMILES string of the molecule is CCc1sc(Cl)c(N)c1C. The van der Waals surface area contributed by atoms with Gasteiger partial charge in [0.2, 0.25) is 0 Å². The first-order valence-electron chi connectivity index (χ1n) is 3.20. The van der Waals surface area contributed by atoms with Crippen molar-refractivity contribution in [3.8, 4) is 0 Å². The van der Waals surface area contributed by atoms with Gasteiger partial charge in [0.15, 0.2) is 0 Å². The van der Waals surface area contributed by atoms with Crippen LogP contribution in [0.15, 0.2) is 0 Å². The molecular formula is C7H10ClNS. The largest absolute Gasteiger partial charge is 0.397 e. The van der Waals surface area contributed by atoms with Gasteiger partial charge in [0, 0.05) is 4.88 Å². The van der Waals surface area contributed by atoms with Crippen LogP contribution in [-0.2, 0) is 6.42 Å². The van der Waals surface area contributed by atoms with Gasteiger partial charge in [-0.3, -0.25) is 0 Å². The van der Waals surface area contributed by atoms with E-state index >= 15 is 0 Å². The molecule has 1 aromatic rings. The lowest BCUT2D eigenvalue weighted by atomic mass is 10.2. The molecule has 0 amide bonds. The van der Waals surface area contributed by atoms with Crippen molar-refractivity contribution in [2.75, 3.05) is 5.73 Å². The van der Waals surface area contributed by atoms with E-state index in [9.17, 15) is 0 Å². The predicted molar refractivity (Wildman–Crippen MR) is 47.9 cm³/mol. The fraction of sp³-hybridized carbons (Fsp3) is 0.429. The lowest BCUT2D eigenvalue weighted by Crippen LogP contribution is -1.85. The normalized spacial score (nSPS) is 10.3. The van der Waals surface area contributed by atoms with E-state index in [0.29, 0.717) is 0 Å². The highest BCUT2D eigenvalue weighted by molar-refractivity contribution is 7.17. The quantitative estimate of drug-likeness (QED) is 0.698. The number of hydrogen-bond acceptors (Lipinski definition) is 2. The van der Waals surface area contributed by atoms with Crippen molar-refractivity contribution in [3.05, 3.63) is 14.8 Å². The zero-order valence-corrected chi connectivity index (χ0v) is 7.64. The molecule has 0 atom stereocenters. The zero-order valence-electron chi connectivity index (χ0n) is 6.07. The number of anilines is 1. The maximum Gasteiger partial charge on any atom is 0.116 e. The third-order valence-corrected chi connectivity index (χ3v) is 3.24. The van der Waals surface area contributed by atoms with Crippen molar-refractivity contribution >= 4 is 28.6 Å². The van der Waals surface area contributed by atoms with Crippen molar-refractivity contribution in [1.82, 2.24) is 0 Å². The molecule has 0 saturated carbocycles. The molecule has 3 heteroatoms. The van der Waals surface area contributed by atoms with E-state index in [-0.39, 0.29) is 0 Å². The Morgan fingerprint density at radius 3 is 2.40 bits per heavy atom. The molecule has 0 aliphatic carbocycles. The Kier molecular flexibility index (Phi) is 2.21. The molecule has 0 aliphatic heterocycles. The van der Waals surface area contributed by atoms with Gasteiger partial charge in [-0.1, -0.05) is 18.5 Å². The number of nitrogens with two attached hydrogens (primary N) is 1. The summed E-state index contributed by atoms with van der Waals surface area (Å²) < 4.78 is 0.731. The Bertz CT molecular complexity index is 242. The zero-order chi connectivity index (χ0) is 7.72. The molecule has 1 rings (SSSR count). The minimum Gasteiger partial charge on any atom is -0.397 e. The molecule has 10 heavy (non-hydrogen) atoms. The molecule has 0 radical (unpaired) electrons. The van der Waals surface area contributed by atoms with Gasteiger partial charge in [-0.2, -0.15) is 0 Å². The van der Waals surface area contributed by atoms with Crippen molar-refractivity contribution in [2.24, 2.45) is 0 Å². The number of aryl methyl sites for hydroxylation is 1. The Hall–Kier alpha value is -0.210. The van der Waals surface area contributed by atoms with Gasteiger partial charge in [-0.25, -0.2) is 0 Å². The highest BCUT2D eigenvalue weighted by Gasteiger charge is 2.07. The van der Waals surface area contributed by atoms with Crippen LogP contribution < -0.4 is 5.73 Å². The first-order chi connectivity index (χ1) is 4.66. The summed E-state index contributed by atoms with van der Waals surface area (Å²) in [5.41, 5.74) is 7.56. The summed E-state index contributed by atoms with van der Waals surface area (Å²) in [6, 6.07) is 0. The Morgan fingerprint density at radius 1 is 1.60 bits per heavy atom. The lowest BCUT2D eigenvalue weighted by Gasteiger charge is -1.91. The second kappa shape index (κ2) is 2.81. The highest BCUT2D eigenvalue weighted by Crippen LogP contribution is 2.34. The average molecular weight is 176 g/mol. The standard InChI is InChI=1S/C7H10ClNS/c1-3-5-4(2)6(9)7(8)10-5/h3,9H2,1-2H3. The highest BCUT2D eigenvalue weighted by atomic mass is 35.5. The molecule has 56 valence electrons. The third-order valence-electron chi connectivity index (χ3n) is 1.57. The Morgan fingerprint density at radius 2 is 2.20 bits per heavy atom. The van der Waals surface area contributed by atoms with Gasteiger partial charge in [-0.05, 0) is 18.9 Å². The van der Waals surface area contributed by atoms with E-state index in [4.69, 9.17) is 17.3 Å². The molecule has 0 aromatic carbocycles. The fourth-order valence-corrected chi connectivity index (χ4v) is 2.18. The van der Waals surface area contributed by atoms with Crippen LogP contribution in [0.5, 0.6) is 0 Å². The topological polar surface area (TPSA) is 26.0 Å². The van der Waals surface area contributed by atoms with Gasteiger partial charge >= 0.3 is 0 Å². The molecule has 1 heterocycles. The summed E-state index contributed by atoms with van der Waals surface area (Å²) in [6.07, 6.45) is 1.02. The monoisotopic (exact) mass is 175 g/mol. The fourth-order valence-electron chi connectivity index (χ4n) is 0.875. The predicted octanol–water partition coefficient (Wildman–Crippen LogP) is 2.85. The van der Waals surface area contributed by atoms with Crippen LogP contribution in [0.4, 0.5) is 5.69 Å². The van der Waals surface area contributed by atoms with Crippen LogP contribution in [0.1, 0.15) is 17.4 Å². The van der Waals surface area contributed by atoms with Crippen LogP contribution in [0, 0.1) is 6.92 Å². The Balaban J connectivity index is 3.17. The Labute approximate surface area is 69.8 Å². The van der Waals surface area contributed by atoms with Gasteiger partial charge in [0.1, 0.15) is 4.34 Å². The number of hydrogen-bond donors (Lipinski definition) is 1. The second-order valence-corrected chi connectivity index (χ2v) is 3.90. The number of nitrogen functional groups attached to an aromatic ring is 1. The van der Waals surface area contributed by atoms with Crippen molar-refractivity contribution in [2.45, 2.75) is 20.3 Å². The molecule has 1 aromatic heterocycles. The second-order valence-electron chi connectivity index (χ2n) is 2.19. The van der Waals surface area contributed by atoms with E-state index in [1.54, 1.807) is 11.3 Å². The molecule has 1 nitrogen and oxygen atoms in total. The molecular weight excluding hydrogens is 166 g/mol. The summed E-state index contributed by atoms with van der Waals surface area (Å²) in [5.74, 6) is 0. The average Bonchev–Trinajstić information content (AvgIpc) is 2.17. The summed E-state index contributed by atoms with van der Waals surface area (Å²) in [4.78, 5) is 1.29. The molecule has 0 fully saturated rings. The summed E-state index contributed by atoms with van der Waals surface area (Å²) in [5, 5.41) is 0. The third kappa shape index (κ3) is 1.13. The van der Waals surface area contributed by atoms with Crippen LogP contribution >= 0.6 is 22.9 Å². The van der Waals surface area contributed by atoms with Gasteiger partial charge in [-0.15, -0.1) is 11.3 Å². The summed E-state index contributed by atoms with van der Waals surface area (Å²) in [7, 11) is 0. The van der Waals surface area contributed by atoms with Gasteiger partial charge < -0.3 is 5.73 Å². The van der Waals surface area contributed by atoms with E-state index in [2.05, 4.69) is 6.92 Å². The summed E-state index contributed by atoms with van der Waals surface area (Å²) in [6.45, 7) is 4.12. The maximum atomic E-state index is 5.81. The minimum atomic E-state index is 0.731. The van der Waals surface area contributed by atoms with Gasteiger partial charge in [0.25, 0.3) is 0 Å². The number of halogens is 1. The van der Waals surface area contributed by atoms with Crippen molar-refractivity contribution in [3.63, 3.8) is 0 Å². The maximum absolute atomic E-state index is 5.81. The molecule has 0 bridgehead atoms. The molecule has 0 unspecified atom stereocenters. The van der Waals surface area contributed by atoms with Crippen molar-refractivity contribution < 1.29 is 0 Å². The molecule has 0 saturated heterocycles. The van der Waals surface area contributed by atoms with Crippen LogP contribution in [0.2, 0.25) is 4.34 Å². The van der Waals surface area contributed by atoms with E-state index in [0.717, 1.165) is 22.0 Å². The van der Waals surface area contributed by atoms with E-state index in [1.165, 1.54) is 4.88 Å². The lowest BCUT2D eigenvalue weighted by molar-refractivity contribution is 1.16. The smallest absolute Gasteiger partial charge is 0.116 e. The first kappa shape index (κ1) is 7.89. The van der Waals surface area contributed by atoms with Gasteiger partial charge in [0.05, 0.1) is 5.69 Å². The molecule has 0 aliphatic rings. The minimum absolute atomic E-state index is 0.731. The summed E-state index contributed by atoms with van der Waals surface area (Å²) >= 11 is 7.39. The molecule has 2 N–H and O–H groups in total. The molecule has 0 spiro atoms. The van der Waals surface area contributed by atoms with Crippen molar-refractivity contribution in [1.29, 1.82) is 0 Å². The first-order valence-corrected chi connectivity index (χ1v) is 4.39. The van der Waals surface area contributed by atoms with Crippen LogP contribution in [0.3, 0.4) is 0 Å².